The third kappa shape index (κ3) is 2.40. The molecular weight excluding hydrogens is 276 g/mol. The topological polar surface area (TPSA) is 46.5 Å². The van der Waals surface area contributed by atoms with Crippen LogP contribution in [0.25, 0.3) is 10.8 Å². The highest BCUT2D eigenvalue weighted by atomic mass is 16.5. The van der Waals surface area contributed by atoms with E-state index in [1.807, 2.05) is 42.5 Å². The number of aliphatic hydroxyl groups is 1. The predicted molar refractivity (Wildman–Crippen MR) is 86.7 cm³/mol. The van der Waals surface area contributed by atoms with Gasteiger partial charge in [-0.15, -0.1) is 0 Å². The van der Waals surface area contributed by atoms with Gasteiger partial charge in [-0.2, -0.15) is 0 Å². The molecule has 3 rings (SSSR count). The Labute approximate surface area is 130 Å². The molecule has 1 aliphatic rings. The Morgan fingerprint density at radius 2 is 2.00 bits per heavy atom. The van der Waals surface area contributed by atoms with E-state index in [0.717, 1.165) is 29.2 Å². The lowest BCUT2D eigenvalue weighted by Gasteiger charge is -2.39. The Morgan fingerprint density at radius 3 is 2.73 bits per heavy atom. The molecule has 116 valence electrons. The minimum Gasteiger partial charge on any atom is -0.465 e. The SMILES string of the molecule is CCOC(=O)[C@]1(c2ccc3ccccc3c2)CCCC[C@H]1O. The molecule has 0 amide bonds. The van der Waals surface area contributed by atoms with Crippen LogP contribution in [0.1, 0.15) is 38.2 Å². The van der Waals surface area contributed by atoms with Gasteiger partial charge in [0.2, 0.25) is 0 Å². The molecule has 2 aromatic carbocycles. The summed E-state index contributed by atoms with van der Waals surface area (Å²) in [6, 6.07) is 14.1. The summed E-state index contributed by atoms with van der Waals surface area (Å²) in [4.78, 5) is 12.7. The van der Waals surface area contributed by atoms with Crippen LogP contribution in [-0.4, -0.2) is 23.8 Å². The average molecular weight is 298 g/mol. The molecule has 1 fully saturated rings. The van der Waals surface area contributed by atoms with Gasteiger partial charge in [-0.1, -0.05) is 49.2 Å². The van der Waals surface area contributed by atoms with E-state index in [-0.39, 0.29) is 5.97 Å². The summed E-state index contributed by atoms with van der Waals surface area (Å²) < 4.78 is 5.32. The first kappa shape index (κ1) is 15.0. The van der Waals surface area contributed by atoms with E-state index < -0.39 is 11.5 Å². The molecule has 2 atom stereocenters. The lowest BCUT2D eigenvalue weighted by molar-refractivity contribution is -0.157. The number of rotatable bonds is 3. The van der Waals surface area contributed by atoms with E-state index in [9.17, 15) is 9.90 Å². The fourth-order valence-electron chi connectivity index (χ4n) is 3.57. The summed E-state index contributed by atoms with van der Waals surface area (Å²) >= 11 is 0. The first-order valence-corrected chi connectivity index (χ1v) is 8.03. The normalized spacial score (nSPS) is 25.1. The van der Waals surface area contributed by atoms with Crippen molar-refractivity contribution in [3.8, 4) is 0 Å². The number of ether oxygens (including phenoxy) is 1. The molecule has 2 aromatic rings. The molecule has 22 heavy (non-hydrogen) atoms. The Balaban J connectivity index is 2.12. The Hall–Kier alpha value is -1.87. The van der Waals surface area contributed by atoms with Gasteiger partial charge in [-0.05, 0) is 42.2 Å². The molecule has 3 heteroatoms. The standard InChI is InChI=1S/C19H22O3/c1-2-22-18(21)19(12-6-5-9-17(19)20)16-11-10-14-7-3-4-8-15(14)13-16/h3-4,7-8,10-11,13,17,20H,2,5-6,9,12H2,1H3/t17-,19+/m1/s1. The van der Waals surface area contributed by atoms with Crippen LogP contribution in [-0.2, 0) is 14.9 Å². The van der Waals surface area contributed by atoms with Crippen molar-refractivity contribution < 1.29 is 14.6 Å². The van der Waals surface area contributed by atoms with Gasteiger partial charge in [0.25, 0.3) is 0 Å². The van der Waals surface area contributed by atoms with E-state index >= 15 is 0 Å². The average Bonchev–Trinajstić information content (AvgIpc) is 2.55. The van der Waals surface area contributed by atoms with Crippen LogP contribution in [0, 0.1) is 0 Å². The molecule has 3 nitrogen and oxygen atoms in total. The number of esters is 1. The molecule has 0 heterocycles. The molecule has 0 bridgehead atoms. The summed E-state index contributed by atoms with van der Waals surface area (Å²) in [6.45, 7) is 2.14. The molecule has 1 saturated carbocycles. The van der Waals surface area contributed by atoms with Crippen LogP contribution in [0.2, 0.25) is 0 Å². The highest BCUT2D eigenvalue weighted by Crippen LogP contribution is 2.41. The third-order valence-electron chi connectivity index (χ3n) is 4.77. The molecule has 0 saturated heterocycles. The summed E-state index contributed by atoms with van der Waals surface area (Å²) in [5, 5.41) is 12.9. The van der Waals surface area contributed by atoms with Crippen molar-refractivity contribution in [3.05, 3.63) is 48.0 Å². The predicted octanol–water partition coefficient (Wildman–Crippen LogP) is 3.58. The zero-order valence-corrected chi connectivity index (χ0v) is 12.9. The largest absolute Gasteiger partial charge is 0.465 e. The fraction of sp³-hybridized carbons (Fsp3) is 0.421. The van der Waals surface area contributed by atoms with Crippen molar-refractivity contribution in [2.75, 3.05) is 6.61 Å². The van der Waals surface area contributed by atoms with E-state index in [4.69, 9.17) is 4.74 Å². The number of carbonyl (C=O) groups excluding carboxylic acids is 1. The molecular formula is C19H22O3. The number of hydrogen-bond donors (Lipinski definition) is 1. The maximum atomic E-state index is 12.7. The Morgan fingerprint density at radius 1 is 1.23 bits per heavy atom. The molecule has 1 aliphatic carbocycles. The lowest BCUT2D eigenvalue weighted by atomic mass is 9.67. The van der Waals surface area contributed by atoms with Crippen molar-refractivity contribution in [2.45, 2.75) is 44.1 Å². The zero-order chi connectivity index (χ0) is 15.6. The van der Waals surface area contributed by atoms with Gasteiger partial charge < -0.3 is 9.84 Å². The van der Waals surface area contributed by atoms with Crippen LogP contribution in [0.5, 0.6) is 0 Å². The molecule has 1 N–H and O–H groups in total. The number of fused-ring (bicyclic) bond motifs is 1. The van der Waals surface area contributed by atoms with Crippen molar-refractivity contribution in [1.82, 2.24) is 0 Å². The van der Waals surface area contributed by atoms with Gasteiger partial charge in [0.15, 0.2) is 0 Å². The highest BCUT2D eigenvalue weighted by molar-refractivity contribution is 5.88. The van der Waals surface area contributed by atoms with Crippen LogP contribution >= 0.6 is 0 Å². The van der Waals surface area contributed by atoms with Gasteiger partial charge in [0.1, 0.15) is 5.41 Å². The molecule has 0 spiro atoms. The van der Waals surface area contributed by atoms with Crippen molar-refractivity contribution in [1.29, 1.82) is 0 Å². The first-order valence-electron chi connectivity index (χ1n) is 8.03. The second-order valence-corrected chi connectivity index (χ2v) is 6.02. The van der Waals surface area contributed by atoms with Crippen LogP contribution in [0.15, 0.2) is 42.5 Å². The lowest BCUT2D eigenvalue weighted by Crippen LogP contribution is -2.49. The molecule has 0 aliphatic heterocycles. The monoisotopic (exact) mass is 298 g/mol. The summed E-state index contributed by atoms with van der Waals surface area (Å²) in [5.74, 6) is -0.294. The maximum absolute atomic E-state index is 12.7. The van der Waals surface area contributed by atoms with Gasteiger partial charge in [0, 0.05) is 0 Å². The first-order chi connectivity index (χ1) is 10.7. The number of carbonyl (C=O) groups is 1. The van der Waals surface area contributed by atoms with Gasteiger partial charge in [-0.3, -0.25) is 4.79 Å². The maximum Gasteiger partial charge on any atom is 0.319 e. The number of aliphatic hydroxyl groups excluding tert-OH is 1. The van der Waals surface area contributed by atoms with Crippen molar-refractivity contribution in [3.63, 3.8) is 0 Å². The van der Waals surface area contributed by atoms with Crippen LogP contribution in [0.3, 0.4) is 0 Å². The van der Waals surface area contributed by atoms with Gasteiger partial charge in [0.05, 0.1) is 12.7 Å². The van der Waals surface area contributed by atoms with Crippen molar-refractivity contribution in [2.24, 2.45) is 0 Å². The minimum absolute atomic E-state index is 0.294. The van der Waals surface area contributed by atoms with Gasteiger partial charge in [-0.25, -0.2) is 0 Å². The number of benzene rings is 2. The van der Waals surface area contributed by atoms with E-state index in [1.165, 1.54) is 0 Å². The second kappa shape index (κ2) is 6.09. The van der Waals surface area contributed by atoms with Crippen molar-refractivity contribution >= 4 is 16.7 Å². The Bertz CT molecular complexity index is 679. The van der Waals surface area contributed by atoms with E-state index in [1.54, 1.807) is 6.92 Å². The minimum atomic E-state index is -0.918. The quantitative estimate of drug-likeness (QED) is 0.881. The summed E-state index contributed by atoms with van der Waals surface area (Å²) in [5.41, 5.74) is -0.0463. The van der Waals surface area contributed by atoms with Gasteiger partial charge >= 0.3 is 5.97 Å². The highest BCUT2D eigenvalue weighted by Gasteiger charge is 2.49. The number of hydrogen-bond acceptors (Lipinski definition) is 3. The Kier molecular flexibility index (Phi) is 4.16. The smallest absolute Gasteiger partial charge is 0.319 e. The molecule has 0 aromatic heterocycles. The van der Waals surface area contributed by atoms with E-state index in [0.29, 0.717) is 19.4 Å². The van der Waals surface area contributed by atoms with E-state index in [2.05, 4.69) is 0 Å². The third-order valence-corrected chi connectivity index (χ3v) is 4.77. The second-order valence-electron chi connectivity index (χ2n) is 6.02. The zero-order valence-electron chi connectivity index (χ0n) is 12.9. The summed E-state index contributed by atoms with van der Waals surface area (Å²) in [6.07, 6.45) is 2.50. The molecule has 0 radical (unpaired) electrons. The molecule has 0 unspecified atom stereocenters. The summed E-state index contributed by atoms with van der Waals surface area (Å²) in [7, 11) is 0. The van der Waals surface area contributed by atoms with Crippen LogP contribution in [0.4, 0.5) is 0 Å². The van der Waals surface area contributed by atoms with Crippen LogP contribution < -0.4 is 0 Å². The fourth-order valence-corrected chi connectivity index (χ4v) is 3.57.